The fourth-order valence-electron chi connectivity index (χ4n) is 1.29. The molecule has 0 aliphatic carbocycles. The number of rotatable bonds is 1. The number of hydroxylamine groups is 1. The number of nitrogens with zero attached hydrogens (tertiary/aromatic N) is 2. The molecule has 0 unspecified atom stereocenters. The van der Waals surface area contributed by atoms with E-state index in [0.717, 1.165) is 5.56 Å². The number of carbonyl (C=O) groups is 1. The third kappa shape index (κ3) is 0.887. The van der Waals surface area contributed by atoms with Gasteiger partial charge in [-0.3, -0.25) is 9.63 Å². The van der Waals surface area contributed by atoms with E-state index in [1.807, 2.05) is 12.1 Å². The van der Waals surface area contributed by atoms with Crippen LogP contribution in [0.4, 0.5) is 5.82 Å². The smallest absolute Gasteiger partial charge is 0.256 e. The van der Waals surface area contributed by atoms with Gasteiger partial charge in [-0.05, 0) is 6.07 Å². The van der Waals surface area contributed by atoms with Crippen LogP contribution in [0.15, 0.2) is 18.3 Å². The molecule has 2 heterocycles. The fourth-order valence-corrected chi connectivity index (χ4v) is 1.29. The molecule has 0 saturated heterocycles. The Kier molecular flexibility index (Phi) is 1.55. The van der Waals surface area contributed by atoms with Gasteiger partial charge in [-0.2, -0.15) is 5.06 Å². The van der Waals surface area contributed by atoms with Crippen molar-refractivity contribution in [3.8, 4) is 0 Å². The highest BCUT2D eigenvalue weighted by Gasteiger charge is 2.28. The molecule has 4 heteroatoms. The van der Waals surface area contributed by atoms with Crippen LogP contribution in [0.2, 0.25) is 0 Å². The molecule has 0 saturated carbocycles. The van der Waals surface area contributed by atoms with Crippen LogP contribution in [0.1, 0.15) is 5.56 Å². The van der Waals surface area contributed by atoms with Gasteiger partial charge in [0.05, 0.1) is 13.5 Å². The first-order valence-corrected chi connectivity index (χ1v) is 3.64. The van der Waals surface area contributed by atoms with E-state index in [9.17, 15) is 4.79 Å². The molecule has 2 rings (SSSR count). The molecule has 0 N–H and O–H groups in total. The highest BCUT2D eigenvalue weighted by atomic mass is 16.7. The van der Waals surface area contributed by atoms with E-state index in [0.29, 0.717) is 12.2 Å². The molecule has 0 bridgehead atoms. The zero-order chi connectivity index (χ0) is 8.55. The second-order valence-electron chi connectivity index (χ2n) is 2.53. The van der Waals surface area contributed by atoms with E-state index in [2.05, 4.69) is 4.98 Å². The summed E-state index contributed by atoms with van der Waals surface area (Å²) in [4.78, 5) is 20.1. The van der Waals surface area contributed by atoms with Crippen LogP contribution < -0.4 is 5.06 Å². The Balaban J connectivity index is 2.47. The van der Waals surface area contributed by atoms with Crippen molar-refractivity contribution in [2.24, 2.45) is 0 Å². The quantitative estimate of drug-likeness (QED) is 0.608. The summed E-state index contributed by atoms with van der Waals surface area (Å²) in [6.07, 6.45) is 2.03. The molecule has 12 heavy (non-hydrogen) atoms. The minimum Gasteiger partial charge on any atom is -0.272 e. The minimum absolute atomic E-state index is 0.0637. The van der Waals surface area contributed by atoms with Gasteiger partial charge < -0.3 is 0 Å². The zero-order valence-electron chi connectivity index (χ0n) is 6.65. The van der Waals surface area contributed by atoms with Crippen LogP contribution >= 0.6 is 0 Å². The van der Waals surface area contributed by atoms with Crippen LogP contribution in [0.5, 0.6) is 0 Å². The standard InChI is InChI=1S/C8H8N2O2/c1-12-10-7(11)5-6-3-2-4-9-8(6)10/h2-4H,5H2,1H3. The van der Waals surface area contributed by atoms with E-state index >= 15 is 0 Å². The van der Waals surface area contributed by atoms with Crippen LogP contribution in [-0.2, 0) is 16.1 Å². The summed E-state index contributed by atoms with van der Waals surface area (Å²) in [5, 5.41) is 1.22. The SMILES string of the molecule is CON1C(=O)Cc2cccnc21. The van der Waals surface area contributed by atoms with Gasteiger partial charge >= 0.3 is 0 Å². The summed E-state index contributed by atoms with van der Waals surface area (Å²) in [5.41, 5.74) is 0.921. The second-order valence-corrected chi connectivity index (χ2v) is 2.53. The normalized spacial score (nSPS) is 15.1. The number of carbonyl (C=O) groups excluding carboxylic acids is 1. The fraction of sp³-hybridized carbons (Fsp3) is 0.250. The zero-order valence-corrected chi connectivity index (χ0v) is 6.65. The maximum atomic E-state index is 11.2. The summed E-state index contributed by atoms with van der Waals surface area (Å²) in [5.74, 6) is 0.552. The van der Waals surface area contributed by atoms with Gasteiger partial charge in [0.15, 0.2) is 5.82 Å². The van der Waals surface area contributed by atoms with Crippen molar-refractivity contribution in [3.05, 3.63) is 23.9 Å². The van der Waals surface area contributed by atoms with Gasteiger partial charge in [-0.15, -0.1) is 0 Å². The number of hydrogen-bond donors (Lipinski definition) is 0. The lowest BCUT2D eigenvalue weighted by atomic mass is 10.2. The molecule has 0 fully saturated rings. The summed E-state index contributed by atoms with van der Waals surface area (Å²) < 4.78 is 0. The van der Waals surface area contributed by atoms with Crippen LogP contribution in [-0.4, -0.2) is 18.0 Å². The largest absolute Gasteiger partial charge is 0.272 e. The molecular weight excluding hydrogens is 156 g/mol. The minimum atomic E-state index is -0.0637. The Morgan fingerprint density at radius 1 is 1.67 bits per heavy atom. The van der Waals surface area contributed by atoms with Crippen LogP contribution in [0.3, 0.4) is 0 Å². The first kappa shape index (κ1) is 7.24. The van der Waals surface area contributed by atoms with Gasteiger partial charge in [0, 0.05) is 11.8 Å². The first-order valence-electron chi connectivity index (χ1n) is 3.64. The lowest BCUT2D eigenvalue weighted by Crippen LogP contribution is -2.25. The summed E-state index contributed by atoms with van der Waals surface area (Å²) >= 11 is 0. The Hall–Kier alpha value is -1.42. The molecule has 1 aromatic rings. The molecule has 4 nitrogen and oxygen atoms in total. The molecular formula is C8H8N2O2. The van der Waals surface area contributed by atoms with Gasteiger partial charge in [0.2, 0.25) is 0 Å². The molecule has 0 atom stereocenters. The molecule has 62 valence electrons. The summed E-state index contributed by atoms with van der Waals surface area (Å²) in [6, 6.07) is 3.69. The molecule has 0 spiro atoms. The lowest BCUT2D eigenvalue weighted by Gasteiger charge is -2.10. The highest BCUT2D eigenvalue weighted by molar-refractivity contribution is 5.98. The van der Waals surface area contributed by atoms with Gasteiger partial charge in [0.25, 0.3) is 5.91 Å². The van der Waals surface area contributed by atoms with Crippen molar-refractivity contribution in [1.29, 1.82) is 0 Å². The van der Waals surface area contributed by atoms with Crippen molar-refractivity contribution in [1.82, 2.24) is 4.98 Å². The van der Waals surface area contributed by atoms with Crippen LogP contribution in [0.25, 0.3) is 0 Å². The second kappa shape index (κ2) is 2.57. The molecule has 1 aromatic heterocycles. The molecule has 0 radical (unpaired) electrons. The summed E-state index contributed by atoms with van der Waals surface area (Å²) in [7, 11) is 1.46. The Labute approximate surface area is 69.7 Å². The predicted molar refractivity (Wildman–Crippen MR) is 42.4 cm³/mol. The number of anilines is 1. The van der Waals surface area contributed by atoms with E-state index in [1.165, 1.54) is 12.2 Å². The van der Waals surface area contributed by atoms with Gasteiger partial charge in [0.1, 0.15) is 0 Å². The third-order valence-electron chi connectivity index (χ3n) is 1.81. The van der Waals surface area contributed by atoms with E-state index < -0.39 is 0 Å². The predicted octanol–water partition coefficient (Wildman–Crippen LogP) is 0.532. The Morgan fingerprint density at radius 3 is 3.25 bits per heavy atom. The maximum Gasteiger partial charge on any atom is 0.256 e. The Morgan fingerprint density at radius 2 is 2.50 bits per heavy atom. The van der Waals surface area contributed by atoms with Crippen molar-refractivity contribution in [2.75, 3.05) is 12.2 Å². The molecule has 1 aliphatic heterocycles. The third-order valence-corrected chi connectivity index (χ3v) is 1.81. The van der Waals surface area contributed by atoms with E-state index in [1.54, 1.807) is 6.20 Å². The highest BCUT2D eigenvalue weighted by Crippen LogP contribution is 2.25. The average molecular weight is 164 g/mol. The van der Waals surface area contributed by atoms with Crippen molar-refractivity contribution < 1.29 is 9.63 Å². The van der Waals surface area contributed by atoms with Crippen LogP contribution in [0, 0.1) is 0 Å². The number of fused-ring (bicyclic) bond motifs is 1. The topological polar surface area (TPSA) is 42.4 Å². The first-order chi connectivity index (χ1) is 5.83. The number of hydrogen-bond acceptors (Lipinski definition) is 3. The van der Waals surface area contributed by atoms with Crippen molar-refractivity contribution >= 4 is 11.7 Å². The number of amides is 1. The van der Waals surface area contributed by atoms with E-state index in [4.69, 9.17) is 4.84 Å². The van der Waals surface area contributed by atoms with Crippen molar-refractivity contribution in [2.45, 2.75) is 6.42 Å². The number of aromatic nitrogens is 1. The molecule has 1 aliphatic rings. The molecule has 1 amide bonds. The van der Waals surface area contributed by atoms with Gasteiger partial charge in [-0.1, -0.05) is 6.07 Å². The number of pyridine rings is 1. The van der Waals surface area contributed by atoms with Crippen molar-refractivity contribution in [3.63, 3.8) is 0 Å². The Bertz CT molecular complexity index is 325. The van der Waals surface area contributed by atoms with Gasteiger partial charge in [-0.25, -0.2) is 4.98 Å². The maximum absolute atomic E-state index is 11.2. The lowest BCUT2D eigenvalue weighted by molar-refractivity contribution is -0.123. The average Bonchev–Trinajstić information content (AvgIpc) is 2.40. The molecule has 0 aromatic carbocycles. The monoisotopic (exact) mass is 164 g/mol. The van der Waals surface area contributed by atoms with E-state index in [-0.39, 0.29) is 5.91 Å². The summed E-state index contributed by atoms with van der Waals surface area (Å²) in [6.45, 7) is 0.